The average Bonchev–Trinajstić information content (AvgIpc) is 3.17. The number of hydrogen-bond acceptors (Lipinski definition) is 7. The van der Waals surface area contributed by atoms with E-state index in [1.165, 1.54) is 6.07 Å². The monoisotopic (exact) mass is 352 g/mol. The molecule has 7 nitrogen and oxygen atoms in total. The highest BCUT2D eigenvalue weighted by molar-refractivity contribution is 7.95. The van der Waals surface area contributed by atoms with Crippen molar-refractivity contribution in [3.05, 3.63) is 49.0 Å². The topological polar surface area (TPSA) is 106 Å². The minimum atomic E-state index is -3.45. The van der Waals surface area contributed by atoms with Gasteiger partial charge in [-0.1, -0.05) is 11.3 Å². The van der Waals surface area contributed by atoms with Crippen LogP contribution in [0.5, 0.6) is 0 Å². The molecule has 1 N–H and O–H groups in total. The van der Waals surface area contributed by atoms with E-state index in [0.29, 0.717) is 35.4 Å². The zero-order valence-electron chi connectivity index (χ0n) is 11.9. The Labute approximate surface area is 135 Å². The summed E-state index contributed by atoms with van der Waals surface area (Å²) in [6.45, 7) is 0. The summed E-state index contributed by atoms with van der Waals surface area (Å²) in [5.74, 6) is -0.756. The van der Waals surface area contributed by atoms with Crippen LogP contribution in [-0.2, 0) is 14.6 Å². The van der Waals surface area contributed by atoms with Crippen molar-refractivity contribution in [2.24, 2.45) is 0 Å². The molecule has 1 unspecified atom stereocenters. The molecular weight excluding hydrogens is 340 g/mol. The van der Waals surface area contributed by atoms with Gasteiger partial charge < -0.3 is 5.32 Å². The minimum Gasteiger partial charge on any atom is -0.361 e. The van der Waals surface area contributed by atoms with Gasteiger partial charge in [0.15, 0.2) is 15.6 Å². The number of ketones is 1. The van der Waals surface area contributed by atoms with Crippen LogP contribution < -0.4 is 5.32 Å². The van der Waals surface area contributed by atoms with Crippen molar-refractivity contribution >= 4 is 32.0 Å². The molecule has 120 valence electrons. The fraction of sp³-hybridized carbons (Fsp3) is 0.357. The van der Waals surface area contributed by atoms with E-state index in [1.54, 1.807) is 6.07 Å². The lowest BCUT2D eigenvalue weighted by atomic mass is 9.91. The van der Waals surface area contributed by atoms with E-state index in [-0.39, 0.29) is 21.4 Å². The Kier molecular flexibility index (Phi) is 3.01. The van der Waals surface area contributed by atoms with Crippen LogP contribution in [0.1, 0.15) is 30.1 Å². The van der Waals surface area contributed by atoms with Gasteiger partial charge in [0.25, 0.3) is 0 Å². The second-order valence-electron chi connectivity index (χ2n) is 5.72. The molecule has 0 spiro atoms. The van der Waals surface area contributed by atoms with Gasteiger partial charge in [0.2, 0.25) is 0 Å². The summed E-state index contributed by atoms with van der Waals surface area (Å²) in [7, 11) is -3.45. The Bertz CT molecular complexity index is 923. The van der Waals surface area contributed by atoms with Crippen LogP contribution in [0.2, 0.25) is 0 Å². The Morgan fingerprint density at radius 2 is 2.00 bits per heavy atom. The van der Waals surface area contributed by atoms with E-state index in [4.69, 9.17) is 0 Å². The summed E-state index contributed by atoms with van der Waals surface area (Å²) >= 11 is 0.936. The van der Waals surface area contributed by atoms with Crippen molar-refractivity contribution < 1.29 is 18.1 Å². The molecule has 3 heterocycles. The maximum Gasteiger partial charge on any atom is 0.324 e. The highest BCUT2D eigenvalue weighted by Gasteiger charge is 2.46. The van der Waals surface area contributed by atoms with Gasteiger partial charge in [-0.05, 0) is 12.5 Å². The maximum atomic E-state index is 12.5. The number of nitrogens with zero attached hydrogens (tertiary/aromatic N) is 1. The van der Waals surface area contributed by atoms with Gasteiger partial charge in [-0.3, -0.25) is 14.9 Å². The number of dihydropyridines is 1. The average molecular weight is 352 g/mol. The number of hydrogen-bond donors (Lipinski definition) is 1. The summed E-state index contributed by atoms with van der Waals surface area (Å²) < 4.78 is 24.9. The van der Waals surface area contributed by atoms with Gasteiger partial charge in [-0.15, -0.1) is 0 Å². The number of carbonyl (C=O) groups excluding carboxylic acids is 1. The summed E-state index contributed by atoms with van der Waals surface area (Å²) in [6, 6.07) is 2.93. The Morgan fingerprint density at radius 3 is 2.70 bits per heavy atom. The Balaban J connectivity index is 1.92. The Morgan fingerprint density at radius 1 is 1.22 bits per heavy atom. The first kappa shape index (κ1) is 14.6. The molecule has 0 amide bonds. The number of thiophene rings is 1. The van der Waals surface area contributed by atoms with E-state index >= 15 is 0 Å². The second-order valence-corrected chi connectivity index (χ2v) is 8.89. The first-order valence-corrected chi connectivity index (χ1v) is 9.58. The number of Topliss-reactive ketones (excluding diaryl/α,β-unsaturated/α-hetero) is 1. The second kappa shape index (κ2) is 4.75. The van der Waals surface area contributed by atoms with E-state index < -0.39 is 20.7 Å². The molecule has 0 saturated heterocycles. The van der Waals surface area contributed by atoms with Crippen molar-refractivity contribution in [1.82, 2.24) is 5.32 Å². The minimum absolute atomic E-state index is 0.0172. The first-order valence-electron chi connectivity index (χ1n) is 7.11. The summed E-state index contributed by atoms with van der Waals surface area (Å²) in [4.78, 5) is 23.5. The molecule has 0 saturated carbocycles. The van der Waals surface area contributed by atoms with Crippen LogP contribution in [0.15, 0.2) is 34.0 Å². The molecule has 0 aromatic carbocycles. The largest absolute Gasteiger partial charge is 0.361 e. The Hall–Kier alpha value is -2.00. The van der Waals surface area contributed by atoms with Gasteiger partial charge in [-0.2, -0.15) is 0 Å². The third-order valence-corrected chi connectivity index (χ3v) is 7.41. The normalized spacial score (nSPS) is 25.4. The highest BCUT2D eigenvalue weighted by atomic mass is 32.2. The maximum absolute atomic E-state index is 12.5. The predicted molar refractivity (Wildman–Crippen MR) is 83.5 cm³/mol. The number of carbonyl (C=O) groups is 1. The van der Waals surface area contributed by atoms with Crippen LogP contribution in [0.25, 0.3) is 0 Å². The number of nitrogens with one attached hydrogen (secondary N) is 1. The molecule has 3 aliphatic rings. The third kappa shape index (κ3) is 2.07. The summed E-state index contributed by atoms with van der Waals surface area (Å²) in [5, 5.41) is 14.0. The van der Waals surface area contributed by atoms with Crippen LogP contribution in [0.3, 0.4) is 0 Å². The standard InChI is InChI=1S/C14H12N2O5S2/c17-9-2-1-7-12(9)13(10-3-4-11(22-10)16(18)19)14-8(15-7)5-6-23(14,20)21/h3-4,13,15H,1-2,5-6H2. The summed E-state index contributed by atoms with van der Waals surface area (Å²) in [5.41, 5.74) is 1.87. The molecule has 1 atom stereocenters. The van der Waals surface area contributed by atoms with Crippen LogP contribution in [-0.4, -0.2) is 24.9 Å². The molecule has 1 aromatic heterocycles. The van der Waals surface area contributed by atoms with Crippen LogP contribution in [0, 0.1) is 10.1 Å². The predicted octanol–water partition coefficient (Wildman–Crippen LogP) is 1.99. The zero-order chi connectivity index (χ0) is 16.4. The molecule has 9 heteroatoms. The summed E-state index contributed by atoms with van der Waals surface area (Å²) in [6.07, 6.45) is 1.31. The molecule has 0 fully saturated rings. The van der Waals surface area contributed by atoms with E-state index in [2.05, 4.69) is 5.32 Å². The van der Waals surface area contributed by atoms with Crippen molar-refractivity contribution in [2.45, 2.75) is 25.2 Å². The van der Waals surface area contributed by atoms with E-state index in [0.717, 1.165) is 17.0 Å². The molecule has 2 aliphatic heterocycles. The van der Waals surface area contributed by atoms with Crippen molar-refractivity contribution in [3.8, 4) is 0 Å². The number of sulfone groups is 1. The van der Waals surface area contributed by atoms with Crippen molar-refractivity contribution in [2.75, 3.05) is 5.75 Å². The van der Waals surface area contributed by atoms with Crippen molar-refractivity contribution in [3.63, 3.8) is 0 Å². The number of allylic oxidation sites excluding steroid dienone is 4. The van der Waals surface area contributed by atoms with Gasteiger partial charge in [0.05, 0.1) is 21.5 Å². The quantitative estimate of drug-likeness (QED) is 0.644. The van der Waals surface area contributed by atoms with Gasteiger partial charge >= 0.3 is 5.00 Å². The smallest absolute Gasteiger partial charge is 0.324 e. The molecule has 0 bridgehead atoms. The van der Waals surface area contributed by atoms with Crippen LogP contribution >= 0.6 is 11.3 Å². The lowest BCUT2D eigenvalue weighted by Gasteiger charge is -2.26. The van der Waals surface area contributed by atoms with Crippen molar-refractivity contribution in [1.29, 1.82) is 0 Å². The molecule has 1 aromatic rings. The van der Waals surface area contributed by atoms with Gasteiger partial charge in [0.1, 0.15) is 0 Å². The zero-order valence-corrected chi connectivity index (χ0v) is 13.5. The highest BCUT2D eigenvalue weighted by Crippen LogP contribution is 2.50. The fourth-order valence-electron chi connectivity index (χ4n) is 3.46. The molecule has 23 heavy (non-hydrogen) atoms. The molecular formula is C14H12N2O5S2. The SMILES string of the molecule is O=C1CCC2=C1C(c1ccc([N+](=O)[O-])s1)C1=C(CCS1(=O)=O)N2. The molecule has 4 rings (SSSR count). The lowest BCUT2D eigenvalue weighted by molar-refractivity contribution is -0.380. The molecule has 1 aliphatic carbocycles. The van der Waals surface area contributed by atoms with E-state index in [9.17, 15) is 23.3 Å². The van der Waals surface area contributed by atoms with Gasteiger partial charge in [0, 0.05) is 40.8 Å². The number of nitro groups is 1. The number of rotatable bonds is 2. The lowest BCUT2D eigenvalue weighted by Crippen LogP contribution is -2.25. The molecule has 0 radical (unpaired) electrons. The van der Waals surface area contributed by atoms with Gasteiger partial charge in [-0.25, -0.2) is 8.42 Å². The fourth-order valence-corrected chi connectivity index (χ4v) is 6.30. The first-order chi connectivity index (χ1) is 10.9. The third-order valence-electron chi connectivity index (χ3n) is 4.41. The van der Waals surface area contributed by atoms with E-state index in [1.807, 2.05) is 0 Å². The van der Waals surface area contributed by atoms with Crippen LogP contribution in [0.4, 0.5) is 5.00 Å².